The van der Waals surface area contributed by atoms with Crippen molar-refractivity contribution in [1.29, 1.82) is 0 Å². The van der Waals surface area contributed by atoms with Crippen LogP contribution in [0.2, 0.25) is 0 Å². The summed E-state index contributed by atoms with van der Waals surface area (Å²) in [6.07, 6.45) is 30.0. The van der Waals surface area contributed by atoms with Gasteiger partial charge < -0.3 is 14.6 Å². The van der Waals surface area contributed by atoms with Gasteiger partial charge in [0.1, 0.15) is 6.61 Å². The van der Waals surface area contributed by atoms with E-state index in [1.807, 2.05) is 6.92 Å². The number of carbonyl (C=O) groups excluding carboxylic acids is 2. The number of rotatable bonds is 24. The molecule has 202 valence electrons. The maximum absolute atomic E-state index is 11.9. The molecule has 1 N–H and O–H groups in total. The van der Waals surface area contributed by atoms with E-state index in [-0.39, 0.29) is 25.2 Å². The average Bonchev–Trinajstić information content (AvgIpc) is 2.86. The Morgan fingerprint density at radius 3 is 1.77 bits per heavy atom. The predicted octanol–water partition coefficient (Wildman–Crippen LogP) is 7.77. The Morgan fingerprint density at radius 2 is 1.17 bits per heavy atom. The van der Waals surface area contributed by atoms with E-state index in [9.17, 15) is 14.7 Å². The van der Waals surface area contributed by atoms with Gasteiger partial charge in [0.2, 0.25) is 0 Å². The number of hydrogen-bond acceptors (Lipinski definition) is 5. The van der Waals surface area contributed by atoms with Crippen LogP contribution in [0.25, 0.3) is 0 Å². The molecule has 0 aliphatic carbocycles. The molecular formula is C30H52O5. The number of unbranched alkanes of at least 4 members (excludes halogenated alkanes) is 10. The summed E-state index contributed by atoms with van der Waals surface area (Å²) in [6.45, 7) is 3.82. The number of carbonyl (C=O) groups is 2. The van der Waals surface area contributed by atoms with Crippen molar-refractivity contribution in [3.05, 3.63) is 36.5 Å². The van der Waals surface area contributed by atoms with Gasteiger partial charge >= 0.3 is 11.9 Å². The molecule has 0 aromatic rings. The van der Waals surface area contributed by atoms with Crippen LogP contribution < -0.4 is 0 Å². The van der Waals surface area contributed by atoms with Crippen LogP contribution in [-0.4, -0.2) is 36.4 Å². The molecule has 0 aromatic heterocycles. The van der Waals surface area contributed by atoms with Gasteiger partial charge in [0.05, 0.1) is 6.61 Å². The molecule has 1 unspecified atom stereocenters. The zero-order valence-electron chi connectivity index (χ0n) is 22.6. The summed E-state index contributed by atoms with van der Waals surface area (Å²) >= 11 is 0. The van der Waals surface area contributed by atoms with Crippen LogP contribution in [-0.2, 0) is 19.1 Å². The van der Waals surface area contributed by atoms with E-state index in [1.165, 1.54) is 44.9 Å². The minimum absolute atomic E-state index is 0.0773. The van der Waals surface area contributed by atoms with Crippen molar-refractivity contribution in [2.75, 3.05) is 13.2 Å². The molecule has 1 atom stereocenters. The maximum atomic E-state index is 11.9. The van der Waals surface area contributed by atoms with Crippen LogP contribution in [0.3, 0.4) is 0 Å². The molecule has 0 aliphatic heterocycles. The highest BCUT2D eigenvalue weighted by atomic mass is 16.6. The van der Waals surface area contributed by atoms with E-state index in [2.05, 4.69) is 43.4 Å². The molecule has 5 heteroatoms. The molecule has 5 nitrogen and oxygen atoms in total. The standard InChI is InChI=1S/C30H52O5/c1-3-5-7-8-9-10-11-12-13-14-15-16-17-18-19-20-21-22-23-25-30(33)35-28(26-31)27-34-29(32)24-6-4-2/h9-10,12-13,15-16,28,31H,3-8,11,14,17-27H2,1-2H3/b10-9-,13-12-,16-15-. The molecule has 0 amide bonds. The van der Waals surface area contributed by atoms with Gasteiger partial charge in [0.25, 0.3) is 0 Å². The predicted molar refractivity (Wildman–Crippen MR) is 145 cm³/mol. The molecule has 0 radical (unpaired) electrons. The monoisotopic (exact) mass is 492 g/mol. The first-order valence-electron chi connectivity index (χ1n) is 14.0. The van der Waals surface area contributed by atoms with Crippen molar-refractivity contribution in [3.63, 3.8) is 0 Å². The molecule has 0 aromatic carbocycles. The molecule has 35 heavy (non-hydrogen) atoms. The van der Waals surface area contributed by atoms with Crippen molar-refractivity contribution in [3.8, 4) is 0 Å². The average molecular weight is 493 g/mol. The van der Waals surface area contributed by atoms with Crippen LogP contribution in [0.15, 0.2) is 36.5 Å². The van der Waals surface area contributed by atoms with Crippen molar-refractivity contribution in [2.45, 2.75) is 129 Å². The van der Waals surface area contributed by atoms with Gasteiger partial charge in [0.15, 0.2) is 6.10 Å². The summed E-state index contributed by atoms with van der Waals surface area (Å²) in [5, 5.41) is 9.32. The van der Waals surface area contributed by atoms with Gasteiger partial charge in [-0.05, 0) is 51.4 Å². The van der Waals surface area contributed by atoms with Gasteiger partial charge in [-0.2, -0.15) is 0 Å². The van der Waals surface area contributed by atoms with E-state index >= 15 is 0 Å². The summed E-state index contributed by atoms with van der Waals surface area (Å²) in [7, 11) is 0. The number of hydrogen-bond donors (Lipinski definition) is 1. The molecule has 0 fully saturated rings. The van der Waals surface area contributed by atoms with Gasteiger partial charge in [-0.25, -0.2) is 0 Å². The lowest BCUT2D eigenvalue weighted by Crippen LogP contribution is -2.28. The largest absolute Gasteiger partial charge is 0.462 e. The second kappa shape index (κ2) is 26.7. The summed E-state index contributed by atoms with van der Waals surface area (Å²) < 4.78 is 10.3. The van der Waals surface area contributed by atoms with Gasteiger partial charge in [-0.1, -0.05) is 95.2 Å². The van der Waals surface area contributed by atoms with Crippen LogP contribution in [0.5, 0.6) is 0 Å². The minimum Gasteiger partial charge on any atom is -0.462 e. The SMILES string of the molecule is CCCCC/C=C\C/C=C\C/C=C\CCCCCCCCC(=O)OC(CO)COC(=O)CCCC. The molecule has 0 saturated carbocycles. The summed E-state index contributed by atoms with van der Waals surface area (Å²) in [6, 6.07) is 0. The first kappa shape index (κ1) is 33.1. The second-order valence-electron chi connectivity index (χ2n) is 9.12. The number of esters is 2. The van der Waals surface area contributed by atoms with E-state index in [1.54, 1.807) is 0 Å². The van der Waals surface area contributed by atoms with Crippen LogP contribution in [0, 0.1) is 0 Å². The Labute approximate surface area is 215 Å². The Hall–Kier alpha value is -1.88. The summed E-state index contributed by atoms with van der Waals surface area (Å²) in [5.41, 5.74) is 0. The van der Waals surface area contributed by atoms with Gasteiger partial charge in [-0.3, -0.25) is 9.59 Å². The lowest BCUT2D eigenvalue weighted by molar-refractivity contribution is -0.161. The van der Waals surface area contributed by atoms with Crippen LogP contribution in [0.1, 0.15) is 123 Å². The lowest BCUT2D eigenvalue weighted by Gasteiger charge is -2.15. The van der Waals surface area contributed by atoms with E-state index in [4.69, 9.17) is 9.47 Å². The Morgan fingerprint density at radius 1 is 0.657 bits per heavy atom. The molecular weight excluding hydrogens is 440 g/mol. The first-order valence-corrected chi connectivity index (χ1v) is 14.0. The highest BCUT2D eigenvalue weighted by Crippen LogP contribution is 2.10. The second-order valence-corrected chi connectivity index (χ2v) is 9.12. The first-order chi connectivity index (χ1) is 17.1. The summed E-state index contributed by atoms with van der Waals surface area (Å²) in [4.78, 5) is 23.4. The zero-order chi connectivity index (χ0) is 25.8. The van der Waals surface area contributed by atoms with Crippen LogP contribution >= 0.6 is 0 Å². The van der Waals surface area contributed by atoms with Crippen LogP contribution in [0.4, 0.5) is 0 Å². The highest BCUT2D eigenvalue weighted by Gasteiger charge is 2.15. The quantitative estimate of drug-likeness (QED) is 0.0846. The van der Waals surface area contributed by atoms with Gasteiger partial charge in [0, 0.05) is 12.8 Å². The number of allylic oxidation sites excluding steroid dienone is 6. The van der Waals surface area contributed by atoms with E-state index < -0.39 is 6.10 Å². The maximum Gasteiger partial charge on any atom is 0.306 e. The third-order valence-electron chi connectivity index (χ3n) is 5.69. The van der Waals surface area contributed by atoms with Crippen molar-refractivity contribution in [2.24, 2.45) is 0 Å². The molecule has 0 aliphatic rings. The zero-order valence-corrected chi connectivity index (χ0v) is 22.6. The molecule has 0 heterocycles. The molecule has 0 spiro atoms. The van der Waals surface area contributed by atoms with Gasteiger partial charge in [-0.15, -0.1) is 0 Å². The fourth-order valence-corrected chi connectivity index (χ4v) is 3.48. The number of aliphatic hydroxyl groups excluding tert-OH is 1. The fourth-order valence-electron chi connectivity index (χ4n) is 3.48. The highest BCUT2D eigenvalue weighted by molar-refractivity contribution is 5.70. The van der Waals surface area contributed by atoms with E-state index in [0.717, 1.165) is 51.4 Å². The fraction of sp³-hybridized carbons (Fsp3) is 0.733. The number of ether oxygens (including phenoxy) is 2. The molecule has 0 bridgehead atoms. The smallest absolute Gasteiger partial charge is 0.306 e. The third kappa shape index (κ3) is 25.0. The molecule has 0 rings (SSSR count). The van der Waals surface area contributed by atoms with Crippen molar-refractivity contribution in [1.82, 2.24) is 0 Å². The Balaban J connectivity index is 3.56. The number of aliphatic hydroxyl groups is 1. The minimum atomic E-state index is -0.770. The Kier molecular flexibility index (Phi) is 25.3. The van der Waals surface area contributed by atoms with Crippen molar-refractivity contribution >= 4 is 11.9 Å². The van der Waals surface area contributed by atoms with E-state index in [0.29, 0.717) is 12.8 Å². The van der Waals surface area contributed by atoms with Crippen molar-refractivity contribution < 1.29 is 24.2 Å². The Bertz CT molecular complexity index is 579. The lowest BCUT2D eigenvalue weighted by atomic mass is 10.1. The normalized spacial score (nSPS) is 12.7. The molecule has 0 saturated heterocycles. The third-order valence-corrected chi connectivity index (χ3v) is 5.69. The topological polar surface area (TPSA) is 72.8 Å². The summed E-state index contributed by atoms with van der Waals surface area (Å²) in [5.74, 6) is -0.652.